The standard InChI is InChI=1S/C20H25N5O2/c1-23(2)13-7-12-21-19-14-8-5-6-9-15(14)22-20-17(24(3)4)11-10-16(18(19)20)25(26)27/h5-6,8-11H,7,12-13H2,1-4H3,(H,21,22). The van der Waals surface area contributed by atoms with Crippen LogP contribution in [0.1, 0.15) is 6.42 Å². The van der Waals surface area contributed by atoms with Crippen molar-refractivity contribution in [3.05, 3.63) is 46.5 Å². The summed E-state index contributed by atoms with van der Waals surface area (Å²) in [5.74, 6) is 0. The zero-order chi connectivity index (χ0) is 19.6. The Hall–Kier alpha value is -2.93. The number of fused-ring (bicyclic) bond motifs is 2. The number of rotatable bonds is 7. The zero-order valence-electron chi connectivity index (χ0n) is 16.2. The van der Waals surface area contributed by atoms with Crippen molar-refractivity contribution >= 4 is 38.9 Å². The van der Waals surface area contributed by atoms with Crippen molar-refractivity contribution in [3.63, 3.8) is 0 Å². The number of benzene rings is 2. The van der Waals surface area contributed by atoms with E-state index < -0.39 is 0 Å². The van der Waals surface area contributed by atoms with Crippen LogP contribution >= 0.6 is 0 Å². The van der Waals surface area contributed by atoms with Crippen molar-refractivity contribution in [3.8, 4) is 0 Å². The zero-order valence-corrected chi connectivity index (χ0v) is 16.2. The van der Waals surface area contributed by atoms with Crippen LogP contribution < -0.4 is 10.2 Å². The Morgan fingerprint density at radius 1 is 1.11 bits per heavy atom. The van der Waals surface area contributed by atoms with Gasteiger partial charge in [-0.1, -0.05) is 18.2 Å². The van der Waals surface area contributed by atoms with E-state index in [2.05, 4.69) is 10.2 Å². The Balaban J connectivity index is 2.26. The highest BCUT2D eigenvalue weighted by molar-refractivity contribution is 6.14. The van der Waals surface area contributed by atoms with Crippen molar-refractivity contribution in [2.45, 2.75) is 6.42 Å². The molecule has 27 heavy (non-hydrogen) atoms. The van der Waals surface area contributed by atoms with Crippen LogP contribution in [0.15, 0.2) is 36.4 Å². The second-order valence-corrected chi connectivity index (χ2v) is 7.07. The van der Waals surface area contributed by atoms with E-state index in [1.807, 2.05) is 57.4 Å². The molecule has 7 nitrogen and oxygen atoms in total. The molecule has 1 aromatic heterocycles. The first-order valence-electron chi connectivity index (χ1n) is 8.96. The largest absolute Gasteiger partial charge is 0.384 e. The number of pyridine rings is 1. The molecule has 0 atom stereocenters. The lowest BCUT2D eigenvalue weighted by molar-refractivity contribution is -0.383. The molecule has 2 aromatic carbocycles. The third kappa shape index (κ3) is 3.78. The Labute approximate surface area is 158 Å². The molecule has 0 aliphatic carbocycles. The van der Waals surface area contributed by atoms with Crippen LogP contribution in [-0.4, -0.2) is 56.1 Å². The molecule has 3 rings (SSSR count). The fourth-order valence-corrected chi connectivity index (χ4v) is 3.27. The van der Waals surface area contributed by atoms with Crippen molar-refractivity contribution in [2.75, 3.05) is 51.5 Å². The van der Waals surface area contributed by atoms with Gasteiger partial charge in [-0.25, -0.2) is 4.98 Å². The number of nitro benzene ring substituents is 1. The highest BCUT2D eigenvalue weighted by atomic mass is 16.6. The predicted molar refractivity (Wildman–Crippen MR) is 112 cm³/mol. The van der Waals surface area contributed by atoms with E-state index in [1.165, 1.54) is 0 Å². The number of anilines is 2. The topological polar surface area (TPSA) is 74.5 Å². The summed E-state index contributed by atoms with van der Waals surface area (Å²) in [4.78, 5) is 20.2. The van der Waals surface area contributed by atoms with Gasteiger partial charge in [0.05, 0.1) is 21.8 Å². The molecule has 0 spiro atoms. The van der Waals surface area contributed by atoms with Crippen molar-refractivity contribution in [1.82, 2.24) is 9.88 Å². The second kappa shape index (κ2) is 7.75. The van der Waals surface area contributed by atoms with Crippen LogP contribution in [-0.2, 0) is 0 Å². The van der Waals surface area contributed by atoms with Crippen LogP contribution in [0, 0.1) is 10.1 Å². The van der Waals surface area contributed by atoms with Gasteiger partial charge < -0.3 is 15.1 Å². The number of nitrogens with one attached hydrogen (secondary N) is 1. The van der Waals surface area contributed by atoms with Gasteiger partial charge in [0.25, 0.3) is 5.69 Å². The second-order valence-electron chi connectivity index (χ2n) is 7.07. The highest BCUT2D eigenvalue weighted by Crippen LogP contribution is 2.40. The lowest BCUT2D eigenvalue weighted by Crippen LogP contribution is -2.17. The van der Waals surface area contributed by atoms with Gasteiger partial charge in [0.15, 0.2) is 0 Å². The number of hydrogen-bond donors (Lipinski definition) is 1. The molecule has 1 heterocycles. The normalized spacial score (nSPS) is 11.3. The van der Waals surface area contributed by atoms with Gasteiger partial charge in [-0.05, 0) is 39.2 Å². The summed E-state index contributed by atoms with van der Waals surface area (Å²) < 4.78 is 0. The number of aromatic nitrogens is 1. The molecular formula is C20H25N5O2. The van der Waals surface area contributed by atoms with Gasteiger partial charge in [-0.3, -0.25) is 10.1 Å². The predicted octanol–water partition coefficient (Wildman–Crippen LogP) is 3.73. The molecule has 0 saturated heterocycles. The maximum Gasteiger partial charge on any atom is 0.281 e. The van der Waals surface area contributed by atoms with E-state index in [9.17, 15) is 10.1 Å². The van der Waals surface area contributed by atoms with E-state index in [1.54, 1.807) is 12.1 Å². The molecular weight excluding hydrogens is 342 g/mol. The Morgan fingerprint density at radius 2 is 1.85 bits per heavy atom. The van der Waals surface area contributed by atoms with Crippen LogP contribution in [0.25, 0.3) is 21.8 Å². The molecule has 0 radical (unpaired) electrons. The Morgan fingerprint density at radius 3 is 2.52 bits per heavy atom. The summed E-state index contributed by atoms with van der Waals surface area (Å²) in [7, 11) is 7.90. The van der Waals surface area contributed by atoms with Gasteiger partial charge in [0.1, 0.15) is 10.9 Å². The molecule has 0 aliphatic rings. The van der Waals surface area contributed by atoms with Gasteiger partial charge in [0.2, 0.25) is 0 Å². The van der Waals surface area contributed by atoms with E-state index in [0.29, 0.717) is 10.9 Å². The lowest BCUT2D eigenvalue weighted by Gasteiger charge is -2.19. The fourth-order valence-electron chi connectivity index (χ4n) is 3.27. The Bertz CT molecular complexity index is 985. The first kappa shape index (κ1) is 18.8. The lowest BCUT2D eigenvalue weighted by atomic mass is 10.0. The summed E-state index contributed by atoms with van der Waals surface area (Å²) in [5.41, 5.74) is 3.18. The van der Waals surface area contributed by atoms with Crippen LogP contribution in [0.4, 0.5) is 17.1 Å². The number of nitrogens with zero attached hydrogens (tertiary/aromatic N) is 4. The first-order chi connectivity index (χ1) is 12.9. The SMILES string of the molecule is CN(C)CCCNc1c2ccccc2nc2c(N(C)C)ccc([N+](=O)[O-])c12. The smallest absolute Gasteiger partial charge is 0.281 e. The van der Waals surface area contributed by atoms with E-state index in [-0.39, 0.29) is 10.6 Å². The average molecular weight is 367 g/mol. The van der Waals surface area contributed by atoms with Gasteiger partial charge in [-0.2, -0.15) is 0 Å². The van der Waals surface area contributed by atoms with E-state index >= 15 is 0 Å². The van der Waals surface area contributed by atoms with Crippen LogP contribution in [0.5, 0.6) is 0 Å². The van der Waals surface area contributed by atoms with Crippen molar-refractivity contribution in [2.24, 2.45) is 0 Å². The minimum absolute atomic E-state index is 0.0731. The molecule has 3 aromatic rings. The highest BCUT2D eigenvalue weighted by Gasteiger charge is 2.22. The van der Waals surface area contributed by atoms with Crippen LogP contribution in [0.3, 0.4) is 0 Å². The fraction of sp³-hybridized carbons (Fsp3) is 0.350. The van der Waals surface area contributed by atoms with Crippen LogP contribution in [0.2, 0.25) is 0 Å². The number of nitro groups is 1. The quantitative estimate of drug-likeness (QED) is 0.297. The minimum atomic E-state index is -0.330. The van der Waals surface area contributed by atoms with E-state index in [0.717, 1.165) is 41.8 Å². The van der Waals surface area contributed by atoms with Crippen molar-refractivity contribution in [1.29, 1.82) is 0 Å². The number of non-ortho nitro benzene ring substituents is 1. The van der Waals surface area contributed by atoms with Gasteiger partial charge in [0, 0.05) is 32.1 Å². The molecule has 0 aliphatic heterocycles. The molecule has 1 N–H and O–H groups in total. The third-order valence-corrected chi connectivity index (χ3v) is 4.55. The molecule has 0 saturated carbocycles. The summed E-state index contributed by atoms with van der Waals surface area (Å²) in [6, 6.07) is 11.1. The van der Waals surface area contributed by atoms with E-state index in [4.69, 9.17) is 4.98 Å². The first-order valence-corrected chi connectivity index (χ1v) is 8.96. The van der Waals surface area contributed by atoms with Crippen molar-refractivity contribution < 1.29 is 4.92 Å². The average Bonchev–Trinajstić information content (AvgIpc) is 2.62. The molecule has 0 bridgehead atoms. The molecule has 0 amide bonds. The molecule has 0 fully saturated rings. The Kier molecular flexibility index (Phi) is 5.41. The maximum atomic E-state index is 11.7. The van der Waals surface area contributed by atoms with Gasteiger partial charge >= 0.3 is 0 Å². The third-order valence-electron chi connectivity index (χ3n) is 4.55. The number of hydrogen-bond acceptors (Lipinski definition) is 6. The summed E-state index contributed by atoms with van der Waals surface area (Å²) in [6.45, 7) is 1.67. The number of para-hydroxylation sites is 1. The summed E-state index contributed by atoms with van der Waals surface area (Å²) in [6.07, 6.45) is 0.937. The summed E-state index contributed by atoms with van der Waals surface area (Å²) in [5, 5.41) is 16.7. The van der Waals surface area contributed by atoms with Gasteiger partial charge in [-0.15, -0.1) is 0 Å². The minimum Gasteiger partial charge on any atom is -0.384 e. The summed E-state index contributed by atoms with van der Waals surface area (Å²) >= 11 is 0. The monoisotopic (exact) mass is 367 g/mol. The molecule has 0 unspecified atom stereocenters. The molecule has 7 heteroatoms. The maximum absolute atomic E-state index is 11.7. The molecule has 142 valence electrons.